The van der Waals surface area contributed by atoms with Crippen LogP contribution in [-0.2, 0) is 4.79 Å². The minimum atomic E-state index is 0.568. The van der Waals surface area contributed by atoms with Gasteiger partial charge in [-0.25, -0.2) is 4.98 Å². The van der Waals surface area contributed by atoms with Gasteiger partial charge in [-0.15, -0.1) is 0 Å². The molecule has 3 nitrogen and oxygen atoms in total. The number of rotatable bonds is 3. The van der Waals surface area contributed by atoms with Crippen LogP contribution in [0.25, 0.3) is 0 Å². The largest absolute Gasteiger partial charge is 0.323 e. The van der Waals surface area contributed by atoms with Crippen LogP contribution in [0.3, 0.4) is 0 Å². The molecule has 1 radical (unpaired) electrons. The molecule has 0 saturated carbocycles. The SMILES string of the molecule is O=[C]N(c1ccccc1)c1ccccn1. The van der Waals surface area contributed by atoms with Crippen molar-refractivity contribution in [3.05, 3.63) is 54.7 Å². The molecular weight excluding hydrogens is 188 g/mol. The molecule has 0 fully saturated rings. The van der Waals surface area contributed by atoms with E-state index < -0.39 is 0 Å². The Morgan fingerprint density at radius 3 is 2.33 bits per heavy atom. The Labute approximate surface area is 88.0 Å². The van der Waals surface area contributed by atoms with Gasteiger partial charge in [-0.2, -0.15) is 0 Å². The van der Waals surface area contributed by atoms with Crippen LogP contribution in [0.4, 0.5) is 11.5 Å². The molecule has 1 aromatic heterocycles. The highest BCUT2D eigenvalue weighted by Crippen LogP contribution is 2.20. The third kappa shape index (κ3) is 2.02. The van der Waals surface area contributed by atoms with E-state index in [0.717, 1.165) is 5.69 Å². The van der Waals surface area contributed by atoms with Gasteiger partial charge in [-0.3, -0.25) is 9.69 Å². The molecule has 1 aromatic carbocycles. The van der Waals surface area contributed by atoms with Crippen LogP contribution in [-0.4, -0.2) is 11.4 Å². The van der Waals surface area contributed by atoms with Crippen molar-refractivity contribution in [1.82, 2.24) is 4.98 Å². The summed E-state index contributed by atoms with van der Waals surface area (Å²) in [5.41, 5.74) is 0.756. The fourth-order valence-corrected chi connectivity index (χ4v) is 1.29. The molecule has 0 unspecified atom stereocenters. The van der Waals surface area contributed by atoms with Gasteiger partial charge in [0.1, 0.15) is 5.82 Å². The minimum Gasteiger partial charge on any atom is -0.263 e. The summed E-state index contributed by atoms with van der Waals surface area (Å²) in [4.78, 5) is 16.3. The van der Waals surface area contributed by atoms with Gasteiger partial charge < -0.3 is 0 Å². The summed E-state index contributed by atoms with van der Waals surface area (Å²) in [6.07, 6.45) is 3.50. The van der Waals surface area contributed by atoms with E-state index in [1.807, 2.05) is 42.8 Å². The van der Waals surface area contributed by atoms with E-state index in [0.29, 0.717) is 5.82 Å². The molecule has 0 atom stereocenters. The standard InChI is InChI=1S/C12H9N2O/c15-10-14(11-6-2-1-3-7-11)12-8-4-5-9-13-12/h1-9H. The molecule has 0 spiro atoms. The maximum absolute atomic E-state index is 10.9. The molecule has 0 saturated heterocycles. The quantitative estimate of drug-likeness (QED) is 0.707. The van der Waals surface area contributed by atoms with Crippen LogP contribution in [0.1, 0.15) is 0 Å². The second-order valence-electron chi connectivity index (χ2n) is 2.95. The second kappa shape index (κ2) is 4.37. The zero-order valence-corrected chi connectivity index (χ0v) is 8.00. The first kappa shape index (κ1) is 9.40. The monoisotopic (exact) mass is 197 g/mol. The maximum atomic E-state index is 10.9. The number of aromatic nitrogens is 1. The average Bonchev–Trinajstić information content (AvgIpc) is 2.33. The zero-order valence-electron chi connectivity index (χ0n) is 8.00. The minimum absolute atomic E-state index is 0.568. The van der Waals surface area contributed by atoms with Gasteiger partial charge in [0.15, 0.2) is 0 Å². The second-order valence-corrected chi connectivity index (χ2v) is 2.95. The Balaban J connectivity index is 2.38. The lowest BCUT2D eigenvalue weighted by molar-refractivity contribution is 0.556. The van der Waals surface area contributed by atoms with Gasteiger partial charge >= 0.3 is 6.41 Å². The molecule has 0 N–H and O–H groups in total. The van der Waals surface area contributed by atoms with Gasteiger partial charge in [-0.1, -0.05) is 24.3 Å². The number of para-hydroxylation sites is 1. The Bertz CT molecular complexity index is 388. The summed E-state index contributed by atoms with van der Waals surface area (Å²) in [6, 6.07) is 14.7. The fourth-order valence-electron chi connectivity index (χ4n) is 1.29. The lowest BCUT2D eigenvalue weighted by Gasteiger charge is -2.14. The molecule has 0 aliphatic heterocycles. The highest BCUT2D eigenvalue weighted by atomic mass is 16.1. The number of carbonyl (C=O) groups excluding carboxylic acids is 1. The van der Waals surface area contributed by atoms with Crippen molar-refractivity contribution in [1.29, 1.82) is 0 Å². The average molecular weight is 197 g/mol. The molecule has 1 amide bonds. The molecule has 73 valence electrons. The van der Waals surface area contributed by atoms with E-state index in [2.05, 4.69) is 4.98 Å². The first-order valence-corrected chi connectivity index (χ1v) is 4.56. The van der Waals surface area contributed by atoms with Gasteiger partial charge in [-0.05, 0) is 24.3 Å². The van der Waals surface area contributed by atoms with Crippen molar-refractivity contribution in [2.75, 3.05) is 4.90 Å². The van der Waals surface area contributed by atoms with Crippen LogP contribution < -0.4 is 4.90 Å². The summed E-state index contributed by atoms with van der Waals surface area (Å²) in [7, 11) is 0. The Kier molecular flexibility index (Phi) is 2.74. The first-order chi connectivity index (χ1) is 7.42. The van der Waals surface area contributed by atoms with Crippen LogP contribution in [0, 0.1) is 0 Å². The van der Waals surface area contributed by atoms with Crippen LogP contribution in [0.2, 0.25) is 0 Å². The van der Waals surface area contributed by atoms with Crippen molar-refractivity contribution >= 4 is 17.9 Å². The number of nitrogens with zero attached hydrogens (tertiary/aromatic N) is 2. The molecule has 3 heteroatoms. The van der Waals surface area contributed by atoms with Gasteiger partial charge in [0.2, 0.25) is 0 Å². The van der Waals surface area contributed by atoms with Gasteiger partial charge in [0.25, 0.3) is 0 Å². The predicted octanol–water partition coefficient (Wildman–Crippen LogP) is 2.29. The smallest absolute Gasteiger partial charge is 0.263 e. The molecular formula is C12H9N2O. The van der Waals surface area contributed by atoms with Crippen molar-refractivity contribution in [2.45, 2.75) is 0 Å². The van der Waals surface area contributed by atoms with E-state index in [4.69, 9.17) is 0 Å². The zero-order chi connectivity index (χ0) is 10.5. The van der Waals surface area contributed by atoms with Crippen molar-refractivity contribution in [3.63, 3.8) is 0 Å². The van der Waals surface area contributed by atoms with Crippen molar-refractivity contribution in [3.8, 4) is 0 Å². The summed E-state index contributed by atoms with van der Waals surface area (Å²) in [6.45, 7) is 0. The van der Waals surface area contributed by atoms with E-state index in [1.165, 1.54) is 4.90 Å². The Morgan fingerprint density at radius 2 is 1.73 bits per heavy atom. The lowest BCUT2D eigenvalue weighted by atomic mass is 10.3. The molecule has 0 bridgehead atoms. The normalized spacial score (nSPS) is 9.60. The molecule has 0 aliphatic rings. The summed E-state index contributed by atoms with van der Waals surface area (Å²) in [5, 5.41) is 0. The number of amides is 1. The van der Waals surface area contributed by atoms with E-state index in [1.54, 1.807) is 18.3 Å². The van der Waals surface area contributed by atoms with Gasteiger partial charge in [0, 0.05) is 6.20 Å². The molecule has 2 rings (SSSR count). The Morgan fingerprint density at radius 1 is 1.00 bits per heavy atom. The molecule has 0 aliphatic carbocycles. The number of hydrogen-bond donors (Lipinski definition) is 0. The van der Waals surface area contributed by atoms with E-state index in [9.17, 15) is 4.79 Å². The first-order valence-electron chi connectivity index (χ1n) is 4.56. The summed E-state index contributed by atoms with van der Waals surface area (Å²) in [5.74, 6) is 0.568. The third-order valence-electron chi connectivity index (χ3n) is 1.98. The van der Waals surface area contributed by atoms with Crippen molar-refractivity contribution < 1.29 is 4.79 Å². The van der Waals surface area contributed by atoms with Crippen LogP contribution in [0.5, 0.6) is 0 Å². The molecule has 15 heavy (non-hydrogen) atoms. The van der Waals surface area contributed by atoms with E-state index >= 15 is 0 Å². The highest BCUT2D eigenvalue weighted by Gasteiger charge is 2.08. The van der Waals surface area contributed by atoms with Crippen LogP contribution in [0.15, 0.2) is 54.7 Å². The topological polar surface area (TPSA) is 33.2 Å². The number of pyridine rings is 1. The molecule has 2 aromatic rings. The Hall–Kier alpha value is -2.16. The van der Waals surface area contributed by atoms with Gasteiger partial charge in [0.05, 0.1) is 5.69 Å². The fraction of sp³-hybridized carbons (Fsp3) is 0. The predicted molar refractivity (Wildman–Crippen MR) is 58.5 cm³/mol. The summed E-state index contributed by atoms with van der Waals surface area (Å²) >= 11 is 0. The highest BCUT2D eigenvalue weighted by molar-refractivity contribution is 5.84. The number of benzene rings is 1. The number of anilines is 2. The van der Waals surface area contributed by atoms with E-state index in [-0.39, 0.29) is 0 Å². The maximum Gasteiger partial charge on any atom is 0.323 e. The van der Waals surface area contributed by atoms with Crippen LogP contribution >= 0.6 is 0 Å². The molecule has 1 heterocycles. The lowest BCUT2D eigenvalue weighted by Crippen LogP contribution is -2.14. The van der Waals surface area contributed by atoms with Crippen molar-refractivity contribution in [2.24, 2.45) is 0 Å². The summed E-state index contributed by atoms with van der Waals surface area (Å²) < 4.78 is 0. The number of hydrogen-bond acceptors (Lipinski definition) is 2. The third-order valence-corrected chi connectivity index (χ3v) is 1.98.